The number of alkyl halides is 2. The number of halogens is 2. The minimum Gasteiger partial charge on any atom is -0.0872 e. The lowest BCUT2D eigenvalue weighted by atomic mass is 9.73. The average Bonchev–Trinajstić information content (AvgIpc) is 1.93. The summed E-state index contributed by atoms with van der Waals surface area (Å²) in [5, 5.41) is 0. The first kappa shape index (κ1) is 7.83. The van der Waals surface area contributed by atoms with Gasteiger partial charge in [0.05, 0.1) is 0 Å². The smallest absolute Gasteiger partial charge is 0.0282 e. The molecule has 2 bridgehead atoms. The average molecular weight is 360 g/mol. The third-order valence-corrected chi connectivity index (χ3v) is 4.81. The standard InChI is InChI=1S/C8H10I2/c9-7-3-1-2-4-8(10,5-7)6-7/h1-2H,3-6H2. The Balaban J connectivity index is 2.19. The number of fused-ring (bicyclic) bond motifs is 2. The maximum absolute atomic E-state index is 2.64. The van der Waals surface area contributed by atoms with E-state index in [2.05, 4.69) is 57.3 Å². The number of allylic oxidation sites excluding steroid dienone is 2. The lowest BCUT2D eigenvalue weighted by molar-refractivity contribution is 0.315. The molecule has 0 aromatic rings. The summed E-state index contributed by atoms with van der Waals surface area (Å²) in [5.41, 5.74) is 0. The Morgan fingerprint density at radius 2 is 1.30 bits per heavy atom. The van der Waals surface area contributed by atoms with Crippen molar-refractivity contribution in [1.82, 2.24) is 0 Å². The van der Waals surface area contributed by atoms with Crippen LogP contribution in [0.4, 0.5) is 0 Å². The highest BCUT2D eigenvalue weighted by atomic mass is 127. The van der Waals surface area contributed by atoms with E-state index in [4.69, 9.17) is 0 Å². The zero-order valence-corrected chi connectivity index (χ0v) is 10.1. The van der Waals surface area contributed by atoms with E-state index in [0.29, 0.717) is 6.84 Å². The van der Waals surface area contributed by atoms with Gasteiger partial charge in [-0.05, 0) is 25.7 Å². The van der Waals surface area contributed by atoms with Gasteiger partial charge < -0.3 is 0 Å². The van der Waals surface area contributed by atoms with Crippen molar-refractivity contribution in [2.24, 2.45) is 0 Å². The molecular weight excluding hydrogens is 350 g/mol. The minimum atomic E-state index is 0.645. The molecule has 0 N–H and O–H groups in total. The SMILES string of the molecule is IC12CC=CCC(I)(C1)C2. The van der Waals surface area contributed by atoms with Gasteiger partial charge in [0, 0.05) is 6.84 Å². The number of hydrogen-bond donors (Lipinski definition) is 0. The molecule has 1 saturated carbocycles. The van der Waals surface area contributed by atoms with Crippen molar-refractivity contribution in [3.8, 4) is 0 Å². The predicted octanol–water partition coefficient (Wildman–Crippen LogP) is 3.48. The Hall–Kier alpha value is 1.20. The van der Waals surface area contributed by atoms with Crippen LogP contribution in [0.3, 0.4) is 0 Å². The van der Waals surface area contributed by atoms with Crippen LogP contribution in [0.1, 0.15) is 25.7 Å². The highest BCUT2D eigenvalue weighted by Crippen LogP contribution is 2.58. The molecule has 0 radical (unpaired) electrons. The highest BCUT2D eigenvalue weighted by Gasteiger charge is 2.51. The van der Waals surface area contributed by atoms with Gasteiger partial charge >= 0.3 is 0 Å². The van der Waals surface area contributed by atoms with Gasteiger partial charge in [0.1, 0.15) is 0 Å². The van der Waals surface area contributed by atoms with Crippen LogP contribution in [0.2, 0.25) is 0 Å². The number of hydrogen-bond acceptors (Lipinski definition) is 0. The van der Waals surface area contributed by atoms with Gasteiger partial charge in [0.25, 0.3) is 0 Å². The molecular formula is C8H10I2. The Morgan fingerprint density at radius 1 is 0.900 bits per heavy atom. The van der Waals surface area contributed by atoms with E-state index in [1.807, 2.05) is 0 Å². The summed E-state index contributed by atoms with van der Waals surface area (Å²) in [5.74, 6) is 0. The molecule has 0 unspecified atom stereocenters. The monoisotopic (exact) mass is 360 g/mol. The van der Waals surface area contributed by atoms with Gasteiger partial charge in [-0.15, -0.1) is 0 Å². The van der Waals surface area contributed by atoms with Crippen molar-refractivity contribution >= 4 is 45.2 Å². The van der Waals surface area contributed by atoms with Gasteiger partial charge in [0.2, 0.25) is 0 Å². The van der Waals surface area contributed by atoms with E-state index in [1.54, 1.807) is 0 Å². The summed E-state index contributed by atoms with van der Waals surface area (Å²) >= 11 is 5.27. The third-order valence-electron chi connectivity index (χ3n) is 2.40. The Bertz CT molecular complexity index is 160. The summed E-state index contributed by atoms with van der Waals surface area (Å²) in [6.07, 6.45) is 10.2. The normalized spacial score (nSPS) is 51.8. The fourth-order valence-electron chi connectivity index (χ4n) is 1.96. The highest BCUT2D eigenvalue weighted by molar-refractivity contribution is 14.1. The van der Waals surface area contributed by atoms with Crippen LogP contribution in [0.5, 0.6) is 0 Å². The van der Waals surface area contributed by atoms with Gasteiger partial charge in [-0.2, -0.15) is 0 Å². The summed E-state index contributed by atoms with van der Waals surface area (Å²) < 4.78 is 1.29. The lowest BCUT2D eigenvalue weighted by Gasteiger charge is -2.48. The van der Waals surface area contributed by atoms with E-state index in [-0.39, 0.29) is 0 Å². The first-order chi connectivity index (χ1) is 4.62. The molecule has 10 heavy (non-hydrogen) atoms. The van der Waals surface area contributed by atoms with Gasteiger partial charge in [-0.3, -0.25) is 0 Å². The van der Waals surface area contributed by atoms with Crippen LogP contribution in [-0.4, -0.2) is 6.84 Å². The number of rotatable bonds is 0. The maximum atomic E-state index is 2.64. The molecule has 0 aromatic heterocycles. The molecule has 0 heterocycles. The minimum absolute atomic E-state index is 0.645. The Morgan fingerprint density at radius 3 is 1.70 bits per heavy atom. The van der Waals surface area contributed by atoms with Crippen LogP contribution in [0.15, 0.2) is 12.2 Å². The van der Waals surface area contributed by atoms with E-state index in [9.17, 15) is 0 Å². The van der Waals surface area contributed by atoms with Crippen molar-refractivity contribution in [3.05, 3.63) is 12.2 Å². The molecule has 0 amide bonds. The van der Waals surface area contributed by atoms with E-state index >= 15 is 0 Å². The molecule has 0 atom stereocenters. The van der Waals surface area contributed by atoms with Crippen molar-refractivity contribution in [2.45, 2.75) is 32.5 Å². The van der Waals surface area contributed by atoms with Crippen LogP contribution < -0.4 is 0 Å². The molecule has 0 spiro atoms. The predicted molar refractivity (Wildman–Crippen MR) is 61.1 cm³/mol. The maximum Gasteiger partial charge on any atom is 0.0282 e. The molecule has 0 aromatic carbocycles. The Kier molecular flexibility index (Phi) is 1.83. The largest absolute Gasteiger partial charge is 0.0872 e. The van der Waals surface area contributed by atoms with Crippen molar-refractivity contribution < 1.29 is 0 Å². The summed E-state index contributed by atoms with van der Waals surface area (Å²) in [4.78, 5) is 0. The van der Waals surface area contributed by atoms with Crippen molar-refractivity contribution in [2.75, 3.05) is 0 Å². The van der Waals surface area contributed by atoms with Crippen molar-refractivity contribution in [1.29, 1.82) is 0 Å². The summed E-state index contributed by atoms with van der Waals surface area (Å²) in [7, 11) is 0. The molecule has 0 aliphatic heterocycles. The van der Waals surface area contributed by atoms with Gasteiger partial charge in [-0.1, -0.05) is 57.3 Å². The van der Waals surface area contributed by atoms with E-state index in [0.717, 1.165) is 0 Å². The van der Waals surface area contributed by atoms with E-state index in [1.165, 1.54) is 25.7 Å². The fraction of sp³-hybridized carbons (Fsp3) is 0.750. The lowest BCUT2D eigenvalue weighted by Crippen LogP contribution is -2.47. The topological polar surface area (TPSA) is 0 Å². The van der Waals surface area contributed by atoms with Crippen LogP contribution >= 0.6 is 45.2 Å². The summed E-state index contributed by atoms with van der Waals surface area (Å²) in [6, 6.07) is 0. The molecule has 0 nitrogen and oxygen atoms in total. The van der Waals surface area contributed by atoms with E-state index < -0.39 is 0 Å². The molecule has 1 fully saturated rings. The van der Waals surface area contributed by atoms with Gasteiger partial charge in [0.15, 0.2) is 0 Å². The van der Waals surface area contributed by atoms with Crippen LogP contribution in [0.25, 0.3) is 0 Å². The molecule has 2 heteroatoms. The molecule has 3 aliphatic carbocycles. The quantitative estimate of drug-likeness (QED) is 0.353. The molecule has 56 valence electrons. The second kappa shape index (κ2) is 2.34. The zero-order chi connectivity index (χ0) is 7.24. The fourth-order valence-corrected chi connectivity index (χ4v) is 6.85. The first-order valence-corrected chi connectivity index (χ1v) is 5.81. The second-order valence-corrected chi connectivity index (χ2v) is 8.11. The summed E-state index contributed by atoms with van der Waals surface area (Å²) in [6.45, 7) is 0. The van der Waals surface area contributed by atoms with Crippen molar-refractivity contribution in [3.63, 3.8) is 0 Å². The zero-order valence-electron chi connectivity index (χ0n) is 5.74. The molecule has 0 saturated heterocycles. The molecule has 3 aliphatic rings. The van der Waals surface area contributed by atoms with Crippen LogP contribution in [-0.2, 0) is 0 Å². The first-order valence-electron chi connectivity index (χ1n) is 3.65. The second-order valence-electron chi connectivity index (χ2n) is 3.53. The Labute approximate surface area is 89.1 Å². The third kappa shape index (κ3) is 1.26. The molecule has 3 rings (SSSR count). The van der Waals surface area contributed by atoms with Crippen LogP contribution in [0, 0.1) is 0 Å². The van der Waals surface area contributed by atoms with Gasteiger partial charge in [-0.25, -0.2) is 0 Å².